The standard InChI is InChI=1S/C37H44N6O/c1-27(2)35-36(15-7-16-36)24-43(35)22-29-13-14-31-30(19-29)11-6-12-32(31)39-23-37(44)17-8-18-42(25-37)34-20-33(40-26-41-34)38-21-28-9-4-3-5-10-28/h3-6,8-14,17,19-20,26-27,35,39,44H,7,15-16,18,21-25H2,1-2H3,(H,38,40,41)/t35-,37+/m0/s1. The van der Waals surface area contributed by atoms with E-state index in [1.54, 1.807) is 6.33 Å². The highest BCUT2D eigenvalue weighted by molar-refractivity contribution is 5.94. The average Bonchev–Trinajstić information content (AvgIpc) is 3.00. The summed E-state index contributed by atoms with van der Waals surface area (Å²) in [5, 5.41) is 21.0. The van der Waals surface area contributed by atoms with Crippen molar-refractivity contribution in [3.8, 4) is 0 Å². The van der Waals surface area contributed by atoms with Crippen molar-refractivity contribution in [3.05, 3.63) is 102 Å². The first kappa shape index (κ1) is 28.8. The molecule has 1 aliphatic carbocycles. The number of aliphatic hydroxyl groups is 1. The fourth-order valence-corrected chi connectivity index (χ4v) is 7.85. The number of rotatable bonds is 10. The number of fused-ring (bicyclic) bond motifs is 1. The number of nitrogens with zero attached hydrogens (tertiary/aromatic N) is 4. The van der Waals surface area contributed by atoms with Crippen molar-refractivity contribution in [1.82, 2.24) is 14.9 Å². The number of aromatic nitrogens is 2. The highest BCUT2D eigenvalue weighted by Gasteiger charge is 2.56. The van der Waals surface area contributed by atoms with Gasteiger partial charge < -0.3 is 20.6 Å². The zero-order chi connectivity index (χ0) is 30.1. The highest BCUT2D eigenvalue weighted by Crippen LogP contribution is 2.55. The van der Waals surface area contributed by atoms with E-state index in [1.165, 1.54) is 47.7 Å². The van der Waals surface area contributed by atoms with Crippen molar-refractivity contribution >= 4 is 28.1 Å². The number of likely N-dealkylation sites (tertiary alicyclic amines) is 1. The molecular formula is C37H44N6O. The van der Waals surface area contributed by atoms with Crippen molar-refractivity contribution in [3.63, 3.8) is 0 Å². The fourth-order valence-electron chi connectivity index (χ4n) is 7.85. The van der Waals surface area contributed by atoms with Gasteiger partial charge in [0.2, 0.25) is 0 Å². The Morgan fingerprint density at radius 3 is 2.59 bits per heavy atom. The van der Waals surface area contributed by atoms with Crippen molar-refractivity contribution in [1.29, 1.82) is 0 Å². The smallest absolute Gasteiger partial charge is 0.134 e. The van der Waals surface area contributed by atoms with Crippen LogP contribution in [-0.2, 0) is 13.1 Å². The van der Waals surface area contributed by atoms with Gasteiger partial charge >= 0.3 is 0 Å². The third kappa shape index (κ3) is 5.78. The van der Waals surface area contributed by atoms with E-state index in [4.69, 9.17) is 0 Å². The molecule has 4 aromatic rings. The Hall–Kier alpha value is -3.94. The number of anilines is 3. The Morgan fingerprint density at radius 2 is 1.80 bits per heavy atom. The van der Waals surface area contributed by atoms with Crippen LogP contribution in [0.25, 0.3) is 10.8 Å². The first-order valence-electron chi connectivity index (χ1n) is 16.1. The lowest BCUT2D eigenvalue weighted by Gasteiger charge is -2.64. The Kier molecular flexibility index (Phi) is 7.77. The Labute approximate surface area is 261 Å². The van der Waals surface area contributed by atoms with E-state index < -0.39 is 5.60 Å². The minimum atomic E-state index is -1.04. The molecule has 1 saturated heterocycles. The molecular weight excluding hydrogens is 544 g/mol. The van der Waals surface area contributed by atoms with Gasteiger partial charge in [0.15, 0.2) is 0 Å². The van der Waals surface area contributed by atoms with E-state index >= 15 is 0 Å². The van der Waals surface area contributed by atoms with E-state index in [0.29, 0.717) is 43.6 Å². The van der Waals surface area contributed by atoms with Crippen LogP contribution in [0.3, 0.4) is 0 Å². The molecule has 7 heteroatoms. The summed E-state index contributed by atoms with van der Waals surface area (Å²) in [5.74, 6) is 2.26. The van der Waals surface area contributed by atoms with Crippen LogP contribution in [0.1, 0.15) is 44.2 Å². The van der Waals surface area contributed by atoms with Gasteiger partial charge in [-0.2, -0.15) is 0 Å². The van der Waals surface area contributed by atoms with Gasteiger partial charge in [-0.05, 0) is 52.8 Å². The molecule has 3 aromatic carbocycles. The Balaban J connectivity index is 0.994. The molecule has 44 heavy (non-hydrogen) atoms. The molecule has 3 heterocycles. The molecule has 0 amide bonds. The molecule has 0 bridgehead atoms. The molecule has 3 N–H and O–H groups in total. The summed E-state index contributed by atoms with van der Waals surface area (Å²) in [7, 11) is 0. The summed E-state index contributed by atoms with van der Waals surface area (Å²) in [4.78, 5) is 13.7. The van der Waals surface area contributed by atoms with E-state index in [1.807, 2.05) is 36.4 Å². The normalized spacial score (nSPS) is 22.6. The monoisotopic (exact) mass is 588 g/mol. The molecule has 0 unspecified atom stereocenters. The van der Waals surface area contributed by atoms with Crippen LogP contribution in [0.5, 0.6) is 0 Å². The summed E-state index contributed by atoms with van der Waals surface area (Å²) in [6, 6.07) is 26.2. The number of hydrogen-bond donors (Lipinski definition) is 3. The lowest BCUT2D eigenvalue weighted by atomic mass is 9.55. The number of β-amino-alcohol motifs (C(OH)–C–C–N with tert-alkyl or cyclic N) is 1. The fraction of sp³-hybridized carbons (Fsp3) is 0.405. The summed E-state index contributed by atoms with van der Waals surface area (Å²) >= 11 is 0. The van der Waals surface area contributed by atoms with Gasteiger partial charge in [0.05, 0.1) is 6.54 Å². The van der Waals surface area contributed by atoms with Gasteiger partial charge in [-0.3, -0.25) is 4.90 Å². The average molecular weight is 589 g/mol. The second-order valence-electron chi connectivity index (χ2n) is 13.5. The van der Waals surface area contributed by atoms with Crippen LogP contribution in [0.2, 0.25) is 0 Å². The van der Waals surface area contributed by atoms with Gasteiger partial charge in [-0.15, -0.1) is 0 Å². The Morgan fingerprint density at radius 1 is 0.932 bits per heavy atom. The zero-order valence-electron chi connectivity index (χ0n) is 25.9. The highest BCUT2D eigenvalue weighted by atomic mass is 16.3. The largest absolute Gasteiger partial charge is 0.382 e. The quantitative estimate of drug-likeness (QED) is 0.183. The number of nitrogens with one attached hydrogen (secondary N) is 2. The maximum atomic E-state index is 11.6. The second-order valence-corrected chi connectivity index (χ2v) is 13.5. The lowest BCUT2D eigenvalue weighted by Crippen LogP contribution is -2.68. The van der Waals surface area contributed by atoms with Gasteiger partial charge in [-0.25, -0.2) is 9.97 Å². The predicted octanol–water partition coefficient (Wildman–Crippen LogP) is 6.47. The van der Waals surface area contributed by atoms with E-state index in [9.17, 15) is 5.11 Å². The zero-order valence-corrected chi connectivity index (χ0v) is 25.9. The van der Waals surface area contributed by atoms with Crippen molar-refractivity contribution in [2.75, 3.05) is 41.7 Å². The predicted molar refractivity (Wildman–Crippen MR) is 180 cm³/mol. The van der Waals surface area contributed by atoms with Crippen LogP contribution in [-0.4, -0.2) is 57.8 Å². The van der Waals surface area contributed by atoms with Crippen molar-refractivity contribution in [2.45, 2.75) is 57.8 Å². The molecule has 7 nitrogen and oxygen atoms in total. The molecule has 1 spiro atoms. The first-order chi connectivity index (χ1) is 21.4. The van der Waals surface area contributed by atoms with E-state index in [2.05, 4.69) is 92.8 Å². The van der Waals surface area contributed by atoms with Gasteiger partial charge in [0.25, 0.3) is 0 Å². The van der Waals surface area contributed by atoms with Crippen LogP contribution >= 0.6 is 0 Å². The van der Waals surface area contributed by atoms with Crippen molar-refractivity contribution < 1.29 is 5.11 Å². The summed E-state index contributed by atoms with van der Waals surface area (Å²) in [6.07, 6.45) is 9.74. The molecule has 2 fully saturated rings. The van der Waals surface area contributed by atoms with Crippen LogP contribution in [0, 0.1) is 11.3 Å². The van der Waals surface area contributed by atoms with E-state index in [0.717, 1.165) is 23.9 Å². The maximum absolute atomic E-state index is 11.6. The molecule has 3 aliphatic rings. The molecule has 1 aromatic heterocycles. The maximum Gasteiger partial charge on any atom is 0.134 e. The Bertz CT molecular complexity index is 1630. The minimum absolute atomic E-state index is 0.400. The minimum Gasteiger partial charge on any atom is -0.382 e. The molecule has 228 valence electrons. The van der Waals surface area contributed by atoms with Crippen LogP contribution in [0.4, 0.5) is 17.3 Å². The third-order valence-electron chi connectivity index (χ3n) is 9.95. The lowest BCUT2D eigenvalue weighted by molar-refractivity contribution is -0.149. The summed E-state index contributed by atoms with van der Waals surface area (Å²) < 4.78 is 0. The topological polar surface area (TPSA) is 76.6 Å². The number of benzene rings is 3. The summed E-state index contributed by atoms with van der Waals surface area (Å²) in [5.41, 5.74) is 3.17. The third-order valence-corrected chi connectivity index (χ3v) is 9.95. The van der Waals surface area contributed by atoms with E-state index in [-0.39, 0.29) is 0 Å². The second kappa shape index (κ2) is 11.9. The van der Waals surface area contributed by atoms with Crippen molar-refractivity contribution in [2.24, 2.45) is 11.3 Å². The summed E-state index contributed by atoms with van der Waals surface area (Å²) in [6.45, 7) is 9.26. The van der Waals surface area contributed by atoms with Crippen LogP contribution < -0.4 is 15.5 Å². The first-order valence-corrected chi connectivity index (χ1v) is 16.1. The molecule has 2 aliphatic heterocycles. The van der Waals surface area contributed by atoms with Gasteiger partial charge in [0, 0.05) is 55.9 Å². The SMILES string of the molecule is CC(C)[C@@H]1N(Cc2ccc3c(NC[C@]4(O)C=CCN(c5cc(NCc6ccccc6)ncn5)C4)cccc3c2)CC12CCC2. The van der Waals surface area contributed by atoms with Crippen LogP contribution in [0.15, 0.2) is 91.3 Å². The van der Waals surface area contributed by atoms with Gasteiger partial charge in [-0.1, -0.05) is 87.0 Å². The number of hydrogen-bond acceptors (Lipinski definition) is 7. The molecule has 1 saturated carbocycles. The molecule has 2 atom stereocenters. The molecule has 7 rings (SSSR count). The molecule has 0 radical (unpaired) electrons. The van der Waals surface area contributed by atoms with Gasteiger partial charge in [0.1, 0.15) is 23.6 Å².